The zero-order chi connectivity index (χ0) is 14.5. The van der Waals surface area contributed by atoms with Gasteiger partial charge in [0.25, 0.3) is 0 Å². The monoisotopic (exact) mass is 275 g/mol. The number of carbonyl (C=O) groups is 2. The van der Waals surface area contributed by atoms with E-state index in [1.165, 1.54) is 0 Å². The van der Waals surface area contributed by atoms with E-state index in [1.807, 2.05) is 30.3 Å². The van der Waals surface area contributed by atoms with Crippen molar-refractivity contribution >= 4 is 11.8 Å². The van der Waals surface area contributed by atoms with Gasteiger partial charge in [0.15, 0.2) is 0 Å². The molecule has 0 bridgehead atoms. The molecule has 0 aromatic heterocycles. The molecule has 0 aliphatic carbocycles. The van der Waals surface area contributed by atoms with Gasteiger partial charge >= 0.3 is 0 Å². The third-order valence-corrected chi connectivity index (χ3v) is 3.65. The van der Waals surface area contributed by atoms with E-state index in [1.54, 1.807) is 16.7 Å². The first-order valence-electron chi connectivity index (χ1n) is 6.91. The molecule has 1 aromatic rings. The minimum Gasteiger partial charge on any atom is -0.339 e. The Hall–Kier alpha value is -1.88. The van der Waals surface area contributed by atoms with Crippen LogP contribution in [0.2, 0.25) is 0 Å². The Bertz CT molecular complexity index is 467. The second-order valence-corrected chi connectivity index (χ2v) is 5.13. The van der Waals surface area contributed by atoms with Gasteiger partial charge < -0.3 is 15.5 Å². The third kappa shape index (κ3) is 3.57. The van der Waals surface area contributed by atoms with Gasteiger partial charge in [-0.05, 0) is 12.0 Å². The maximum Gasteiger partial charge on any atom is 0.239 e. The topological polar surface area (TPSA) is 66.6 Å². The van der Waals surface area contributed by atoms with E-state index in [2.05, 4.69) is 0 Å². The van der Waals surface area contributed by atoms with E-state index >= 15 is 0 Å². The number of hydrogen-bond acceptors (Lipinski definition) is 3. The fourth-order valence-electron chi connectivity index (χ4n) is 2.43. The molecule has 1 heterocycles. The number of amides is 2. The van der Waals surface area contributed by atoms with Crippen molar-refractivity contribution in [3.8, 4) is 0 Å². The molecule has 1 fully saturated rings. The fourth-order valence-corrected chi connectivity index (χ4v) is 2.43. The highest BCUT2D eigenvalue weighted by molar-refractivity contribution is 5.82. The van der Waals surface area contributed by atoms with Crippen molar-refractivity contribution in [2.24, 2.45) is 5.73 Å². The summed E-state index contributed by atoms with van der Waals surface area (Å²) in [6, 6.07) is 9.26. The van der Waals surface area contributed by atoms with Crippen molar-refractivity contribution in [1.82, 2.24) is 9.80 Å². The molecule has 5 heteroatoms. The molecular weight excluding hydrogens is 254 g/mol. The lowest BCUT2D eigenvalue weighted by atomic mass is 10.1. The SMILES string of the molecule is CC(=O)N1CCN(C(=O)C(N)Cc2ccccc2)CC1. The number of piperazine rings is 1. The van der Waals surface area contributed by atoms with E-state index < -0.39 is 6.04 Å². The molecule has 1 atom stereocenters. The summed E-state index contributed by atoms with van der Waals surface area (Å²) < 4.78 is 0. The predicted molar refractivity (Wildman–Crippen MR) is 77.0 cm³/mol. The molecule has 1 saturated heterocycles. The third-order valence-electron chi connectivity index (χ3n) is 3.65. The van der Waals surface area contributed by atoms with Crippen LogP contribution in [0.4, 0.5) is 0 Å². The van der Waals surface area contributed by atoms with E-state index in [4.69, 9.17) is 5.73 Å². The second kappa shape index (κ2) is 6.52. The number of nitrogens with two attached hydrogens (primary N) is 1. The average Bonchev–Trinajstić information content (AvgIpc) is 2.47. The lowest BCUT2D eigenvalue weighted by Crippen LogP contribution is -2.54. The van der Waals surface area contributed by atoms with Gasteiger partial charge in [-0.25, -0.2) is 0 Å². The minimum absolute atomic E-state index is 0.0305. The Morgan fingerprint density at radius 2 is 1.65 bits per heavy atom. The van der Waals surface area contributed by atoms with Crippen molar-refractivity contribution in [2.45, 2.75) is 19.4 Å². The molecule has 0 spiro atoms. The van der Waals surface area contributed by atoms with Crippen LogP contribution < -0.4 is 5.73 Å². The molecule has 2 rings (SSSR count). The maximum absolute atomic E-state index is 12.3. The maximum atomic E-state index is 12.3. The van der Waals surface area contributed by atoms with Gasteiger partial charge in [0.1, 0.15) is 0 Å². The Morgan fingerprint density at radius 1 is 1.10 bits per heavy atom. The van der Waals surface area contributed by atoms with Crippen LogP contribution in [-0.4, -0.2) is 53.8 Å². The number of nitrogens with zero attached hydrogens (tertiary/aromatic N) is 2. The summed E-state index contributed by atoms with van der Waals surface area (Å²) >= 11 is 0. The van der Waals surface area contributed by atoms with Crippen LogP contribution in [0.5, 0.6) is 0 Å². The molecule has 0 saturated carbocycles. The molecule has 2 amide bonds. The molecule has 1 unspecified atom stereocenters. The van der Waals surface area contributed by atoms with Crippen molar-refractivity contribution in [3.05, 3.63) is 35.9 Å². The summed E-state index contributed by atoms with van der Waals surface area (Å²) in [5.41, 5.74) is 7.07. The highest BCUT2D eigenvalue weighted by Crippen LogP contribution is 2.07. The Balaban J connectivity index is 1.87. The van der Waals surface area contributed by atoms with Crippen LogP contribution in [0, 0.1) is 0 Å². The largest absolute Gasteiger partial charge is 0.339 e. The first-order valence-corrected chi connectivity index (χ1v) is 6.91. The van der Waals surface area contributed by atoms with Crippen LogP contribution in [-0.2, 0) is 16.0 Å². The highest BCUT2D eigenvalue weighted by atomic mass is 16.2. The first-order chi connectivity index (χ1) is 9.58. The summed E-state index contributed by atoms with van der Waals surface area (Å²) in [6.07, 6.45) is 0.548. The van der Waals surface area contributed by atoms with Gasteiger partial charge in [-0.2, -0.15) is 0 Å². The molecule has 1 aliphatic heterocycles. The van der Waals surface area contributed by atoms with E-state index in [-0.39, 0.29) is 11.8 Å². The summed E-state index contributed by atoms with van der Waals surface area (Å²) in [4.78, 5) is 27.0. The summed E-state index contributed by atoms with van der Waals surface area (Å²) in [6.45, 7) is 3.89. The number of benzene rings is 1. The standard InChI is InChI=1S/C15H21N3O2/c1-12(19)17-7-9-18(10-8-17)15(20)14(16)11-13-5-3-2-4-6-13/h2-6,14H,7-11,16H2,1H3. The molecule has 0 radical (unpaired) electrons. The minimum atomic E-state index is -0.513. The molecule has 20 heavy (non-hydrogen) atoms. The van der Waals surface area contributed by atoms with Gasteiger partial charge in [-0.1, -0.05) is 30.3 Å². The Kier molecular flexibility index (Phi) is 4.74. The summed E-state index contributed by atoms with van der Waals surface area (Å²) in [7, 11) is 0. The van der Waals surface area contributed by atoms with Crippen LogP contribution in [0.3, 0.4) is 0 Å². The van der Waals surface area contributed by atoms with Gasteiger partial charge in [0, 0.05) is 33.1 Å². The number of carbonyl (C=O) groups excluding carboxylic acids is 2. The molecule has 5 nitrogen and oxygen atoms in total. The lowest BCUT2D eigenvalue weighted by molar-refractivity contribution is -0.139. The van der Waals surface area contributed by atoms with Crippen LogP contribution >= 0.6 is 0 Å². The van der Waals surface area contributed by atoms with Crippen molar-refractivity contribution in [2.75, 3.05) is 26.2 Å². The average molecular weight is 275 g/mol. The van der Waals surface area contributed by atoms with Gasteiger partial charge in [0.05, 0.1) is 6.04 Å². The molecule has 1 aliphatic rings. The van der Waals surface area contributed by atoms with Gasteiger partial charge in [-0.15, -0.1) is 0 Å². The van der Waals surface area contributed by atoms with Crippen LogP contribution in [0.15, 0.2) is 30.3 Å². The molecular formula is C15H21N3O2. The van der Waals surface area contributed by atoms with Crippen molar-refractivity contribution in [1.29, 1.82) is 0 Å². The Morgan fingerprint density at radius 3 is 2.20 bits per heavy atom. The van der Waals surface area contributed by atoms with Crippen molar-refractivity contribution in [3.63, 3.8) is 0 Å². The van der Waals surface area contributed by atoms with Crippen molar-refractivity contribution < 1.29 is 9.59 Å². The van der Waals surface area contributed by atoms with Crippen LogP contribution in [0.25, 0.3) is 0 Å². The first kappa shape index (κ1) is 14.5. The number of rotatable bonds is 3. The molecule has 1 aromatic carbocycles. The fraction of sp³-hybridized carbons (Fsp3) is 0.467. The summed E-state index contributed by atoms with van der Waals surface area (Å²) in [5.74, 6) is 0.0303. The smallest absolute Gasteiger partial charge is 0.239 e. The predicted octanol–water partition coefficient (Wildman–Crippen LogP) is 0.247. The zero-order valence-electron chi connectivity index (χ0n) is 11.8. The van der Waals surface area contributed by atoms with Crippen LogP contribution in [0.1, 0.15) is 12.5 Å². The van der Waals surface area contributed by atoms with Gasteiger partial charge in [0.2, 0.25) is 11.8 Å². The normalized spacial score (nSPS) is 16.9. The highest BCUT2D eigenvalue weighted by Gasteiger charge is 2.25. The molecule has 2 N–H and O–H groups in total. The Labute approximate surface area is 119 Å². The van der Waals surface area contributed by atoms with Gasteiger partial charge in [-0.3, -0.25) is 9.59 Å². The number of hydrogen-bond donors (Lipinski definition) is 1. The van der Waals surface area contributed by atoms with E-state index in [0.717, 1.165) is 5.56 Å². The van der Waals surface area contributed by atoms with E-state index in [9.17, 15) is 9.59 Å². The van der Waals surface area contributed by atoms with E-state index in [0.29, 0.717) is 32.6 Å². The second-order valence-electron chi connectivity index (χ2n) is 5.13. The quantitative estimate of drug-likeness (QED) is 0.859. The zero-order valence-corrected chi connectivity index (χ0v) is 11.8. The summed E-state index contributed by atoms with van der Waals surface area (Å²) in [5, 5.41) is 0. The molecule has 108 valence electrons. The lowest BCUT2D eigenvalue weighted by Gasteiger charge is -2.35.